The number of aryl methyl sites for hydroxylation is 1. The number of carbonyl (C=O) groups is 3. The van der Waals surface area contributed by atoms with E-state index in [0.717, 1.165) is 36.1 Å². The Kier molecular flexibility index (Phi) is 7.05. The van der Waals surface area contributed by atoms with Crippen molar-refractivity contribution in [3.63, 3.8) is 0 Å². The van der Waals surface area contributed by atoms with Crippen molar-refractivity contribution in [1.82, 2.24) is 0 Å². The van der Waals surface area contributed by atoms with Crippen LogP contribution in [0.4, 0.5) is 10.7 Å². The smallest absolute Gasteiger partial charge is 0.341 e. The monoisotopic (exact) mass is 474 g/mol. The third-order valence-corrected chi connectivity index (χ3v) is 6.53. The molecule has 0 radical (unpaired) electrons. The molecule has 0 saturated heterocycles. The average molecular weight is 476 g/mol. The first-order valence-corrected chi connectivity index (χ1v) is 10.7. The highest BCUT2D eigenvalue weighted by Crippen LogP contribution is 2.38. The summed E-state index contributed by atoms with van der Waals surface area (Å²) in [6, 6.07) is 2.82. The first kappa shape index (κ1) is 21.9. The van der Waals surface area contributed by atoms with Crippen LogP contribution in [0.3, 0.4) is 0 Å². The first-order valence-electron chi connectivity index (χ1n) is 8.80. The minimum Gasteiger partial charge on any atom is -0.452 e. The van der Waals surface area contributed by atoms with Crippen molar-refractivity contribution in [2.75, 3.05) is 17.2 Å². The van der Waals surface area contributed by atoms with Gasteiger partial charge in [0, 0.05) is 11.8 Å². The molecule has 1 aromatic carbocycles. The SMILES string of the molecule is CC(=O)Nc1sc2c(c1C(=O)OCC(=O)Nc1cc(Cl)c(Cl)cc1Cl)CCCC2. The molecule has 0 bridgehead atoms. The van der Waals surface area contributed by atoms with Gasteiger partial charge in [0.15, 0.2) is 6.61 Å². The Labute approximate surface area is 186 Å². The van der Waals surface area contributed by atoms with Gasteiger partial charge in [-0.1, -0.05) is 34.8 Å². The topological polar surface area (TPSA) is 84.5 Å². The molecule has 2 N–H and O–H groups in total. The van der Waals surface area contributed by atoms with E-state index in [9.17, 15) is 14.4 Å². The molecule has 0 unspecified atom stereocenters. The zero-order valence-electron chi connectivity index (χ0n) is 15.4. The summed E-state index contributed by atoms with van der Waals surface area (Å²) >= 11 is 19.2. The summed E-state index contributed by atoms with van der Waals surface area (Å²) in [5, 5.41) is 6.38. The fourth-order valence-electron chi connectivity index (χ4n) is 3.04. The third-order valence-electron chi connectivity index (χ3n) is 4.28. The number of fused-ring (bicyclic) bond motifs is 1. The lowest BCUT2D eigenvalue weighted by Gasteiger charge is -2.13. The molecule has 1 aliphatic carbocycles. The van der Waals surface area contributed by atoms with Crippen LogP contribution in [0.25, 0.3) is 0 Å². The number of hydrogen-bond acceptors (Lipinski definition) is 5. The molecule has 2 aromatic rings. The van der Waals surface area contributed by atoms with Crippen molar-refractivity contribution >= 4 is 74.6 Å². The number of benzene rings is 1. The predicted molar refractivity (Wildman–Crippen MR) is 116 cm³/mol. The van der Waals surface area contributed by atoms with Gasteiger partial charge in [0.05, 0.1) is 26.3 Å². The molecule has 0 spiro atoms. The highest BCUT2D eigenvalue weighted by molar-refractivity contribution is 7.17. The largest absolute Gasteiger partial charge is 0.452 e. The van der Waals surface area contributed by atoms with Gasteiger partial charge in [0.25, 0.3) is 5.91 Å². The number of halogens is 3. The number of thiophene rings is 1. The summed E-state index contributed by atoms with van der Waals surface area (Å²) in [6.45, 7) is 0.863. The Hall–Kier alpha value is -1.80. The van der Waals surface area contributed by atoms with E-state index in [-0.39, 0.29) is 26.7 Å². The normalized spacial score (nSPS) is 12.8. The van der Waals surface area contributed by atoms with Crippen LogP contribution in [0.2, 0.25) is 15.1 Å². The Morgan fingerprint density at radius 3 is 2.45 bits per heavy atom. The molecule has 2 amide bonds. The molecule has 6 nitrogen and oxygen atoms in total. The number of hydrogen-bond donors (Lipinski definition) is 2. The maximum Gasteiger partial charge on any atom is 0.341 e. The predicted octanol–water partition coefficient (Wildman–Crippen LogP) is 5.34. The van der Waals surface area contributed by atoms with Crippen molar-refractivity contribution in [2.45, 2.75) is 32.6 Å². The van der Waals surface area contributed by atoms with Crippen LogP contribution in [0, 0.1) is 0 Å². The van der Waals surface area contributed by atoms with Gasteiger partial charge in [-0.2, -0.15) is 0 Å². The lowest BCUT2D eigenvalue weighted by molar-refractivity contribution is -0.119. The molecule has 10 heteroatoms. The van der Waals surface area contributed by atoms with Gasteiger partial charge in [0.1, 0.15) is 5.00 Å². The maximum atomic E-state index is 12.7. The van der Waals surface area contributed by atoms with Crippen LogP contribution < -0.4 is 10.6 Å². The Morgan fingerprint density at radius 1 is 1.03 bits per heavy atom. The van der Waals surface area contributed by atoms with Gasteiger partial charge >= 0.3 is 5.97 Å². The van der Waals surface area contributed by atoms with Crippen LogP contribution >= 0.6 is 46.1 Å². The molecule has 0 saturated carbocycles. The number of ether oxygens (including phenoxy) is 1. The summed E-state index contributed by atoms with van der Waals surface area (Å²) in [5.41, 5.74) is 1.48. The van der Waals surface area contributed by atoms with E-state index in [1.54, 1.807) is 0 Å². The fourth-order valence-corrected chi connectivity index (χ4v) is 4.96. The second kappa shape index (κ2) is 9.34. The van der Waals surface area contributed by atoms with Crippen LogP contribution in [0.15, 0.2) is 12.1 Å². The number of carbonyl (C=O) groups excluding carboxylic acids is 3. The highest BCUT2D eigenvalue weighted by Gasteiger charge is 2.27. The molecule has 154 valence electrons. The quantitative estimate of drug-likeness (QED) is 0.451. The summed E-state index contributed by atoms with van der Waals surface area (Å²) < 4.78 is 5.20. The van der Waals surface area contributed by atoms with Gasteiger partial charge in [-0.3, -0.25) is 9.59 Å². The van der Waals surface area contributed by atoms with Gasteiger partial charge < -0.3 is 15.4 Å². The first-order chi connectivity index (χ1) is 13.8. The standard InChI is InChI=1S/C19H17Cl3N2O4S/c1-9(25)23-18-17(10-4-2-3-5-15(10)29-18)19(27)28-8-16(26)24-14-7-12(21)11(20)6-13(14)22/h6-7H,2-5,8H2,1H3,(H,23,25)(H,24,26). The van der Waals surface area contributed by atoms with Gasteiger partial charge in [-0.25, -0.2) is 4.79 Å². The molecule has 1 aromatic heterocycles. The number of amides is 2. The number of esters is 1. The van der Waals surface area contributed by atoms with E-state index < -0.39 is 18.5 Å². The molecular weight excluding hydrogens is 459 g/mol. The zero-order valence-corrected chi connectivity index (χ0v) is 18.4. The number of nitrogens with one attached hydrogen (secondary N) is 2. The van der Waals surface area contributed by atoms with Crippen molar-refractivity contribution < 1.29 is 19.1 Å². The molecule has 1 aliphatic rings. The van der Waals surface area contributed by atoms with Gasteiger partial charge in [0.2, 0.25) is 5.91 Å². The van der Waals surface area contributed by atoms with E-state index in [1.807, 2.05) is 0 Å². The second-order valence-corrected chi connectivity index (χ2v) is 8.79. The van der Waals surface area contributed by atoms with Crippen molar-refractivity contribution in [3.05, 3.63) is 43.2 Å². The fraction of sp³-hybridized carbons (Fsp3) is 0.316. The molecular formula is C19H17Cl3N2O4S. The van der Waals surface area contributed by atoms with Crippen molar-refractivity contribution in [3.8, 4) is 0 Å². The van der Waals surface area contributed by atoms with Crippen LogP contribution in [0.5, 0.6) is 0 Å². The summed E-state index contributed by atoms with van der Waals surface area (Å²) in [7, 11) is 0. The van der Waals surface area contributed by atoms with E-state index >= 15 is 0 Å². The lowest BCUT2D eigenvalue weighted by atomic mass is 9.95. The maximum absolute atomic E-state index is 12.7. The molecule has 0 fully saturated rings. The third kappa shape index (κ3) is 5.22. The molecule has 0 atom stereocenters. The molecule has 3 rings (SSSR count). The Balaban J connectivity index is 1.71. The summed E-state index contributed by atoms with van der Waals surface area (Å²) in [4.78, 5) is 37.5. The average Bonchev–Trinajstić information content (AvgIpc) is 3.01. The van der Waals surface area contributed by atoms with E-state index in [1.165, 1.54) is 30.4 Å². The second-order valence-electron chi connectivity index (χ2n) is 6.47. The molecule has 0 aliphatic heterocycles. The summed E-state index contributed by atoms with van der Waals surface area (Å²) in [5.74, 6) is -1.50. The molecule has 29 heavy (non-hydrogen) atoms. The van der Waals surface area contributed by atoms with Crippen LogP contribution in [-0.4, -0.2) is 24.4 Å². The van der Waals surface area contributed by atoms with E-state index in [4.69, 9.17) is 39.5 Å². The van der Waals surface area contributed by atoms with Gasteiger partial charge in [-0.05, 0) is 43.4 Å². The van der Waals surface area contributed by atoms with Crippen LogP contribution in [-0.2, 0) is 27.2 Å². The lowest BCUT2D eigenvalue weighted by Crippen LogP contribution is -2.22. The van der Waals surface area contributed by atoms with Crippen LogP contribution in [0.1, 0.15) is 40.6 Å². The highest BCUT2D eigenvalue weighted by atomic mass is 35.5. The summed E-state index contributed by atoms with van der Waals surface area (Å²) in [6.07, 6.45) is 3.59. The van der Waals surface area contributed by atoms with Gasteiger partial charge in [-0.15, -0.1) is 11.3 Å². The zero-order chi connectivity index (χ0) is 21.1. The molecule has 1 heterocycles. The minimum absolute atomic E-state index is 0.207. The Bertz CT molecular complexity index is 990. The van der Waals surface area contributed by atoms with E-state index in [2.05, 4.69) is 10.6 Å². The number of anilines is 2. The number of rotatable bonds is 5. The van der Waals surface area contributed by atoms with Crippen molar-refractivity contribution in [2.24, 2.45) is 0 Å². The Morgan fingerprint density at radius 2 is 1.72 bits per heavy atom. The minimum atomic E-state index is -0.650. The van der Waals surface area contributed by atoms with Crippen molar-refractivity contribution in [1.29, 1.82) is 0 Å². The van der Waals surface area contributed by atoms with E-state index in [0.29, 0.717) is 10.6 Å².